The second-order valence-corrected chi connectivity index (χ2v) is 19.2. The Hall–Kier alpha value is -9.50. The van der Waals surface area contributed by atoms with Crippen molar-refractivity contribution in [3.8, 4) is 33.6 Å². The highest BCUT2D eigenvalue weighted by molar-refractivity contribution is 6.09. The fourth-order valence-electron chi connectivity index (χ4n) is 8.13. The summed E-state index contributed by atoms with van der Waals surface area (Å²) in [6.07, 6.45) is 2.50. The molecular weight excluding hydrogens is 917 g/mol. The zero-order chi connectivity index (χ0) is 50.7. The molecule has 15 heteroatoms. The van der Waals surface area contributed by atoms with Gasteiger partial charge < -0.3 is 24.5 Å². The van der Waals surface area contributed by atoms with Crippen LogP contribution in [0.2, 0.25) is 0 Å². The van der Waals surface area contributed by atoms with Crippen LogP contribution < -0.4 is 21.3 Å². The van der Waals surface area contributed by atoms with Crippen LogP contribution in [0.15, 0.2) is 187 Å². The number of furan rings is 1. The predicted octanol–water partition coefficient (Wildman–Crippen LogP) is 14.5. The molecule has 364 valence electrons. The lowest BCUT2D eigenvalue weighted by molar-refractivity contribution is 0.0624. The zero-order valence-corrected chi connectivity index (χ0v) is 41.0. The summed E-state index contributed by atoms with van der Waals surface area (Å²) in [5.74, 6) is 1.14. The highest BCUT2D eigenvalue weighted by atomic mass is 16.6. The van der Waals surface area contributed by atoms with Crippen LogP contribution in [0.4, 0.5) is 44.2 Å². The number of amides is 2. The highest BCUT2D eigenvalue weighted by Gasteiger charge is 2.19. The van der Waals surface area contributed by atoms with E-state index in [4.69, 9.17) is 23.9 Å². The second kappa shape index (κ2) is 19.7. The zero-order valence-electron chi connectivity index (χ0n) is 41.0. The van der Waals surface area contributed by atoms with Crippen LogP contribution in [0.25, 0.3) is 66.6 Å². The molecule has 73 heavy (non-hydrogen) atoms. The quantitative estimate of drug-likeness (QED) is 0.108. The summed E-state index contributed by atoms with van der Waals surface area (Å²) in [5.41, 5.74) is 11.0. The minimum absolute atomic E-state index is 0.492. The number of nitrogens with zero attached hydrogens (tertiary/aromatic N) is 6. The summed E-state index contributed by atoms with van der Waals surface area (Å²) in [7, 11) is 0. The van der Waals surface area contributed by atoms with Crippen molar-refractivity contribution in [2.75, 3.05) is 21.3 Å². The van der Waals surface area contributed by atoms with Gasteiger partial charge in [0.1, 0.15) is 22.4 Å². The van der Waals surface area contributed by atoms with E-state index in [0.29, 0.717) is 23.3 Å². The predicted molar refractivity (Wildman–Crippen MR) is 289 cm³/mol. The van der Waals surface area contributed by atoms with Gasteiger partial charge in [-0.15, -0.1) is 0 Å². The summed E-state index contributed by atoms with van der Waals surface area (Å²) in [5, 5.41) is 23.2. The summed E-state index contributed by atoms with van der Waals surface area (Å²) >= 11 is 0. The van der Waals surface area contributed by atoms with Crippen molar-refractivity contribution >= 4 is 79.8 Å². The number of hydrogen-bond donors (Lipinski definition) is 4. The second-order valence-electron chi connectivity index (χ2n) is 19.2. The van der Waals surface area contributed by atoms with E-state index in [9.17, 15) is 9.59 Å². The van der Waals surface area contributed by atoms with E-state index in [-0.39, 0.29) is 0 Å². The molecule has 0 aliphatic rings. The average Bonchev–Trinajstić information content (AvgIpc) is 4.14. The molecule has 0 unspecified atom stereocenters. The maximum absolute atomic E-state index is 12.1. The lowest BCUT2D eigenvalue weighted by atomic mass is 10.0. The third-order valence-electron chi connectivity index (χ3n) is 11.3. The summed E-state index contributed by atoms with van der Waals surface area (Å²) < 4.78 is 20.4. The van der Waals surface area contributed by atoms with E-state index >= 15 is 0 Å². The van der Waals surface area contributed by atoms with Crippen molar-refractivity contribution < 1.29 is 23.5 Å². The van der Waals surface area contributed by atoms with Crippen molar-refractivity contribution in [3.05, 3.63) is 182 Å². The Morgan fingerprint density at radius 1 is 0.479 bits per heavy atom. The van der Waals surface area contributed by atoms with Crippen molar-refractivity contribution in [1.82, 2.24) is 29.2 Å². The van der Waals surface area contributed by atoms with Crippen molar-refractivity contribution in [2.24, 2.45) is 0 Å². The highest BCUT2D eigenvalue weighted by Crippen LogP contribution is 2.36. The largest absolute Gasteiger partial charge is 0.455 e. The number of nitrogens with one attached hydrogen (secondary N) is 4. The van der Waals surface area contributed by atoms with Gasteiger partial charge in [-0.05, 0) is 144 Å². The molecule has 2 amide bonds. The molecular formula is C58H52N10O5. The van der Waals surface area contributed by atoms with Gasteiger partial charge in [0.15, 0.2) is 0 Å². The SMILES string of the molecule is CC(C)(C)OC(=O)Nc1ccc(Nc2nc(-c3cccc(-c4ccccc4)c3)cc3ccnn23)cc1.CC(C)(C)OC(=O)Nc1ccc(Nc2nc(-c3cccc4c3oc3ccccc34)cc3ccnn23)cc1. The molecule has 0 atom stereocenters. The van der Waals surface area contributed by atoms with Gasteiger partial charge in [-0.25, -0.2) is 28.6 Å². The normalized spacial score (nSPS) is 11.5. The number of aromatic nitrogens is 6. The molecule has 0 spiro atoms. The van der Waals surface area contributed by atoms with Crippen LogP contribution in [-0.2, 0) is 9.47 Å². The fraction of sp³-hybridized carbons (Fsp3) is 0.138. The number of fused-ring (bicyclic) bond motifs is 5. The van der Waals surface area contributed by atoms with E-state index in [1.165, 1.54) is 0 Å². The Morgan fingerprint density at radius 2 is 0.959 bits per heavy atom. The van der Waals surface area contributed by atoms with Gasteiger partial charge in [-0.1, -0.05) is 78.9 Å². The molecule has 0 aliphatic carbocycles. The van der Waals surface area contributed by atoms with Gasteiger partial charge in [0, 0.05) is 44.6 Å². The summed E-state index contributed by atoms with van der Waals surface area (Å²) in [6.45, 7) is 11.0. The minimum atomic E-state index is -0.565. The lowest BCUT2D eigenvalue weighted by Gasteiger charge is -2.19. The van der Waals surface area contributed by atoms with E-state index < -0.39 is 23.4 Å². The minimum Gasteiger partial charge on any atom is -0.455 e. The van der Waals surface area contributed by atoms with E-state index in [1.54, 1.807) is 45.7 Å². The van der Waals surface area contributed by atoms with E-state index in [1.807, 2.05) is 145 Å². The first-order chi connectivity index (χ1) is 35.2. The fourth-order valence-corrected chi connectivity index (χ4v) is 8.13. The van der Waals surface area contributed by atoms with Crippen LogP contribution >= 0.6 is 0 Å². The molecule has 0 fully saturated rings. The number of anilines is 6. The molecule has 0 saturated carbocycles. The van der Waals surface area contributed by atoms with Gasteiger partial charge in [0.25, 0.3) is 0 Å². The monoisotopic (exact) mass is 968 g/mol. The number of ether oxygens (including phenoxy) is 2. The maximum Gasteiger partial charge on any atom is 0.412 e. The van der Waals surface area contributed by atoms with Crippen LogP contribution in [0, 0.1) is 0 Å². The van der Waals surface area contributed by atoms with Gasteiger partial charge in [0.2, 0.25) is 11.9 Å². The molecule has 15 nitrogen and oxygen atoms in total. The number of carbonyl (C=O) groups is 2. The van der Waals surface area contributed by atoms with Crippen molar-refractivity contribution in [1.29, 1.82) is 0 Å². The molecule has 5 aromatic heterocycles. The Kier molecular flexibility index (Phi) is 12.7. The number of hydrogen-bond acceptors (Lipinski definition) is 11. The average molecular weight is 969 g/mol. The molecule has 0 radical (unpaired) electrons. The van der Waals surface area contributed by atoms with Crippen molar-refractivity contribution in [3.63, 3.8) is 0 Å². The van der Waals surface area contributed by atoms with Crippen LogP contribution in [0.1, 0.15) is 41.5 Å². The van der Waals surface area contributed by atoms with Gasteiger partial charge in [0.05, 0.1) is 34.8 Å². The van der Waals surface area contributed by atoms with Crippen LogP contribution in [0.5, 0.6) is 0 Å². The van der Waals surface area contributed by atoms with Gasteiger partial charge in [-0.2, -0.15) is 10.2 Å². The summed E-state index contributed by atoms with van der Waals surface area (Å²) in [6, 6.07) is 55.3. The first kappa shape index (κ1) is 47.2. The maximum atomic E-state index is 12.1. The molecule has 0 aliphatic heterocycles. The van der Waals surface area contributed by atoms with Crippen LogP contribution in [0.3, 0.4) is 0 Å². The Labute approximate surface area is 420 Å². The molecule has 11 rings (SSSR count). The van der Waals surface area contributed by atoms with E-state index in [0.717, 1.165) is 78.0 Å². The Balaban J connectivity index is 0.000000168. The number of benzene rings is 6. The topological polar surface area (TPSA) is 174 Å². The smallest absolute Gasteiger partial charge is 0.412 e. The van der Waals surface area contributed by atoms with Crippen molar-refractivity contribution in [2.45, 2.75) is 52.7 Å². The molecule has 5 heterocycles. The molecule has 0 saturated heterocycles. The third-order valence-corrected chi connectivity index (χ3v) is 11.3. The first-order valence-electron chi connectivity index (χ1n) is 23.7. The molecule has 11 aromatic rings. The Morgan fingerprint density at radius 3 is 1.55 bits per heavy atom. The number of para-hydroxylation sites is 2. The first-order valence-corrected chi connectivity index (χ1v) is 23.7. The van der Waals surface area contributed by atoms with Gasteiger partial charge in [-0.3, -0.25) is 10.6 Å². The number of carbonyl (C=O) groups excluding carboxylic acids is 2. The van der Waals surface area contributed by atoms with Gasteiger partial charge >= 0.3 is 12.2 Å². The number of rotatable bonds is 9. The molecule has 4 N–H and O–H groups in total. The molecule has 6 aromatic carbocycles. The lowest BCUT2D eigenvalue weighted by Crippen LogP contribution is -2.27. The standard InChI is InChI=1S/C29H25N5O3.C29H27N5O2/c1-29(2,3)37-28(35)32-19-13-11-18(12-14-19)31-27-33-24(17-20-15-16-30-34(20)27)23-9-6-8-22-21-7-4-5-10-25(21)36-26(22)23;1-29(2,3)36-28(35)32-24-14-12-23(13-15-24)31-27-33-26(19-25-16-17-30-34(25)27)22-11-7-10-21(18-22)20-8-5-4-6-9-20/h4-17H,1-3H3,(H,31,33)(H,32,35);4-19H,1-3H3,(H,31,33)(H,32,35). The summed E-state index contributed by atoms with van der Waals surface area (Å²) in [4.78, 5) is 33.9. The third kappa shape index (κ3) is 11.1. The van der Waals surface area contributed by atoms with E-state index in [2.05, 4.69) is 73.9 Å². The Bertz CT molecular complexity index is 3760. The molecule has 0 bridgehead atoms. The van der Waals surface area contributed by atoms with Crippen LogP contribution in [-0.4, -0.2) is 52.6 Å².